The van der Waals surface area contributed by atoms with E-state index in [0.717, 1.165) is 12.8 Å². The minimum Gasteiger partial charge on any atom is -0.652 e. The molecule has 0 saturated heterocycles. The first-order valence-electron chi connectivity index (χ1n) is 3.98. The molecule has 0 heterocycles. The highest BCUT2D eigenvalue weighted by molar-refractivity contribution is 5.72. The normalized spacial score (nSPS) is 11.0. The highest BCUT2D eigenvalue weighted by Gasteiger charge is 2.09. The number of hydrogen-bond donors (Lipinski definition) is 3. The van der Waals surface area contributed by atoms with Crippen LogP contribution in [0.15, 0.2) is 0 Å². The zero-order valence-electron chi connectivity index (χ0n) is 7.64. The van der Waals surface area contributed by atoms with E-state index in [1.807, 2.05) is 0 Å². The Labute approximate surface area is 81.3 Å². The van der Waals surface area contributed by atoms with Gasteiger partial charge in [0.05, 0.1) is 0 Å². The summed E-state index contributed by atoms with van der Waals surface area (Å²) in [6.07, 6.45) is -0.169. The van der Waals surface area contributed by atoms with Crippen LogP contribution < -0.4 is 21.7 Å². The molecule has 0 aliphatic heterocycles. The summed E-state index contributed by atoms with van der Waals surface area (Å²) in [5.74, 6) is -0.933. The van der Waals surface area contributed by atoms with Gasteiger partial charge in [-0.05, 0) is 25.5 Å². The largest absolute Gasteiger partial charge is 0.652 e. The van der Waals surface area contributed by atoms with Crippen LogP contribution in [0.25, 0.3) is 0 Å². The molecule has 0 amide bonds. The SMILES string of the molecule is NCCCCC(N)C(=O)O.O=C([O-])[O-]. The Morgan fingerprint density at radius 3 is 2.00 bits per heavy atom. The molecule has 1 unspecified atom stereocenters. The Balaban J connectivity index is 0. The molecule has 0 fully saturated rings. The molecule has 0 aromatic heterocycles. The Morgan fingerprint density at radius 1 is 1.29 bits per heavy atom. The molecule has 5 N–H and O–H groups in total. The summed E-state index contributed by atoms with van der Waals surface area (Å²) >= 11 is 0. The van der Waals surface area contributed by atoms with Crippen molar-refractivity contribution in [3.05, 3.63) is 0 Å². The molecule has 0 aromatic carbocycles. The van der Waals surface area contributed by atoms with E-state index >= 15 is 0 Å². The third-order valence-electron chi connectivity index (χ3n) is 1.29. The average Bonchev–Trinajstić information content (AvgIpc) is 2.03. The van der Waals surface area contributed by atoms with Gasteiger partial charge in [-0.25, -0.2) is 0 Å². The predicted octanol–water partition coefficient (Wildman–Crippen LogP) is -2.92. The van der Waals surface area contributed by atoms with E-state index in [9.17, 15) is 4.79 Å². The number of carboxylic acids is 1. The molecule has 7 nitrogen and oxygen atoms in total. The molecule has 0 bridgehead atoms. The van der Waals surface area contributed by atoms with Crippen molar-refractivity contribution < 1.29 is 24.9 Å². The third-order valence-corrected chi connectivity index (χ3v) is 1.29. The molecule has 14 heavy (non-hydrogen) atoms. The van der Waals surface area contributed by atoms with Crippen LogP contribution in [0.2, 0.25) is 0 Å². The highest BCUT2D eigenvalue weighted by Crippen LogP contribution is 1.96. The minimum atomic E-state index is -2.33. The monoisotopic (exact) mass is 206 g/mol. The number of carbonyl (C=O) groups excluding carboxylic acids is 1. The Morgan fingerprint density at radius 2 is 1.71 bits per heavy atom. The van der Waals surface area contributed by atoms with Crippen molar-refractivity contribution >= 4 is 12.1 Å². The second kappa shape index (κ2) is 9.75. The molecule has 0 radical (unpaired) electrons. The van der Waals surface area contributed by atoms with Crippen LogP contribution in [0.5, 0.6) is 0 Å². The van der Waals surface area contributed by atoms with Gasteiger partial charge in [-0.2, -0.15) is 0 Å². The molecule has 0 saturated carbocycles. The van der Waals surface area contributed by atoms with Gasteiger partial charge in [-0.15, -0.1) is 0 Å². The minimum absolute atomic E-state index is 0.520. The van der Waals surface area contributed by atoms with Crippen LogP contribution in [0.3, 0.4) is 0 Å². The van der Waals surface area contributed by atoms with Crippen LogP contribution >= 0.6 is 0 Å². The first kappa shape index (κ1) is 15.1. The molecular formula is C7H14N2O5-2. The fraction of sp³-hybridized carbons (Fsp3) is 0.714. The predicted molar refractivity (Wildman–Crippen MR) is 43.9 cm³/mol. The highest BCUT2D eigenvalue weighted by atomic mass is 16.6. The van der Waals surface area contributed by atoms with Crippen molar-refractivity contribution in [2.75, 3.05) is 6.54 Å². The van der Waals surface area contributed by atoms with E-state index in [1.54, 1.807) is 0 Å². The summed E-state index contributed by atoms with van der Waals surface area (Å²) in [5, 5.41) is 25.0. The van der Waals surface area contributed by atoms with Crippen LogP contribution in [-0.2, 0) is 4.79 Å². The number of nitrogens with two attached hydrogens (primary N) is 2. The van der Waals surface area contributed by atoms with E-state index < -0.39 is 18.2 Å². The second-order valence-electron chi connectivity index (χ2n) is 2.48. The van der Waals surface area contributed by atoms with Crippen molar-refractivity contribution in [3.8, 4) is 0 Å². The molecule has 0 aliphatic carbocycles. The van der Waals surface area contributed by atoms with Crippen molar-refractivity contribution in [2.45, 2.75) is 25.3 Å². The maximum Gasteiger partial charge on any atom is 0.320 e. The Hall–Kier alpha value is -1.34. The summed E-state index contributed by atoms with van der Waals surface area (Å²) in [4.78, 5) is 18.5. The molecule has 84 valence electrons. The van der Waals surface area contributed by atoms with Crippen LogP contribution in [0.4, 0.5) is 4.79 Å². The summed E-state index contributed by atoms with van der Waals surface area (Å²) in [7, 11) is 0. The lowest BCUT2D eigenvalue weighted by molar-refractivity contribution is -0.415. The van der Waals surface area contributed by atoms with E-state index in [-0.39, 0.29) is 0 Å². The lowest BCUT2D eigenvalue weighted by Crippen LogP contribution is -2.37. The van der Waals surface area contributed by atoms with Crippen molar-refractivity contribution in [3.63, 3.8) is 0 Å². The van der Waals surface area contributed by atoms with Gasteiger partial charge in [0, 0.05) is 0 Å². The molecule has 0 aromatic rings. The van der Waals surface area contributed by atoms with E-state index in [2.05, 4.69) is 0 Å². The quantitative estimate of drug-likeness (QED) is 0.407. The Kier molecular flexibility index (Phi) is 10.5. The molecule has 7 heteroatoms. The Bertz CT molecular complexity index is 169. The zero-order chi connectivity index (χ0) is 11.6. The summed E-state index contributed by atoms with van der Waals surface area (Å²) in [5.41, 5.74) is 10.4. The van der Waals surface area contributed by atoms with Gasteiger partial charge >= 0.3 is 5.97 Å². The first-order chi connectivity index (χ1) is 6.41. The number of aliphatic carboxylic acids is 1. The van der Waals surface area contributed by atoms with Crippen molar-refractivity contribution in [1.82, 2.24) is 0 Å². The van der Waals surface area contributed by atoms with Crippen LogP contribution in [-0.4, -0.2) is 29.8 Å². The third kappa shape index (κ3) is 17.0. The van der Waals surface area contributed by atoms with Gasteiger partial charge in [-0.3, -0.25) is 4.79 Å². The maximum absolute atomic E-state index is 10.1. The number of unbranched alkanes of at least 4 members (excludes halogenated alkanes) is 1. The molecular weight excluding hydrogens is 192 g/mol. The maximum atomic E-state index is 10.1. The summed E-state index contributed by atoms with van der Waals surface area (Å²) in [6, 6.07) is -0.716. The van der Waals surface area contributed by atoms with Crippen molar-refractivity contribution in [1.29, 1.82) is 0 Å². The zero-order valence-corrected chi connectivity index (χ0v) is 7.64. The fourth-order valence-electron chi connectivity index (χ4n) is 0.632. The topological polar surface area (TPSA) is 153 Å². The number of carboxylic acid groups (broad SMARTS) is 3. The van der Waals surface area contributed by atoms with E-state index in [4.69, 9.17) is 31.6 Å². The standard InChI is InChI=1S/C6H14N2O2.CH2O3/c7-4-2-1-3-5(8)6(9)10;2-1(3)4/h5H,1-4,7-8H2,(H,9,10);(H2,2,3,4)/p-2. The van der Waals surface area contributed by atoms with Crippen LogP contribution in [0, 0.1) is 0 Å². The van der Waals surface area contributed by atoms with E-state index in [0.29, 0.717) is 13.0 Å². The lowest BCUT2D eigenvalue weighted by Gasteiger charge is -2.03. The summed E-state index contributed by atoms with van der Waals surface area (Å²) in [6.45, 7) is 0.604. The van der Waals surface area contributed by atoms with Gasteiger partial charge in [0.1, 0.15) is 6.04 Å². The van der Waals surface area contributed by atoms with Gasteiger partial charge < -0.3 is 31.6 Å². The number of carbonyl (C=O) groups is 2. The van der Waals surface area contributed by atoms with Gasteiger partial charge in [0.15, 0.2) is 0 Å². The average molecular weight is 206 g/mol. The first-order valence-corrected chi connectivity index (χ1v) is 3.98. The van der Waals surface area contributed by atoms with E-state index in [1.165, 1.54) is 0 Å². The number of hydrogen-bond acceptors (Lipinski definition) is 6. The number of rotatable bonds is 5. The second-order valence-corrected chi connectivity index (χ2v) is 2.48. The van der Waals surface area contributed by atoms with Crippen molar-refractivity contribution in [2.24, 2.45) is 11.5 Å². The summed E-state index contributed by atoms with van der Waals surface area (Å²) < 4.78 is 0. The van der Waals surface area contributed by atoms with Gasteiger partial charge in [-0.1, -0.05) is 6.42 Å². The molecule has 0 spiro atoms. The lowest BCUT2D eigenvalue weighted by atomic mass is 10.1. The van der Waals surface area contributed by atoms with Gasteiger partial charge in [0.25, 0.3) is 0 Å². The molecule has 0 aliphatic rings. The molecule has 1 atom stereocenters. The molecule has 0 rings (SSSR count). The fourth-order valence-corrected chi connectivity index (χ4v) is 0.632. The smallest absolute Gasteiger partial charge is 0.320 e. The van der Waals surface area contributed by atoms with Gasteiger partial charge in [0.2, 0.25) is 0 Å². The van der Waals surface area contributed by atoms with Crippen LogP contribution in [0.1, 0.15) is 19.3 Å².